The van der Waals surface area contributed by atoms with E-state index in [4.69, 9.17) is 9.15 Å². The Morgan fingerprint density at radius 2 is 2.09 bits per heavy atom. The third-order valence-electron chi connectivity index (χ3n) is 3.20. The van der Waals surface area contributed by atoms with Crippen LogP contribution < -0.4 is 15.4 Å². The number of carbonyl (C=O) groups excluding carboxylic acids is 1. The number of amides is 1. The zero-order valence-corrected chi connectivity index (χ0v) is 14.0. The fourth-order valence-electron chi connectivity index (χ4n) is 2.03. The van der Waals surface area contributed by atoms with Crippen molar-refractivity contribution in [3.63, 3.8) is 0 Å². The molecule has 0 atom stereocenters. The van der Waals surface area contributed by atoms with Crippen LogP contribution in [0.4, 0.5) is 0 Å². The van der Waals surface area contributed by atoms with Gasteiger partial charge in [0.05, 0.1) is 13.7 Å². The van der Waals surface area contributed by atoms with Gasteiger partial charge in [0.2, 0.25) is 5.91 Å². The summed E-state index contributed by atoms with van der Waals surface area (Å²) in [6, 6.07) is 7.81. The second-order valence-electron chi connectivity index (χ2n) is 5.21. The third kappa shape index (κ3) is 4.64. The van der Waals surface area contributed by atoms with Gasteiger partial charge in [-0.3, -0.25) is 4.79 Å². The number of fused-ring (bicyclic) bond motifs is 1. The molecule has 1 amide bonds. The fraction of sp³-hybridized carbons (Fsp3) is 0.438. The molecule has 1 aromatic carbocycles. The summed E-state index contributed by atoms with van der Waals surface area (Å²) in [6.07, 6.45) is 0. The van der Waals surface area contributed by atoms with Crippen molar-refractivity contribution in [1.82, 2.24) is 10.6 Å². The smallest absolute Gasteiger partial charge is 0.222 e. The maximum atomic E-state index is 11.4. The number of para-hydroxylation sites is 1. The van der Waals surface area contributed by atoms with Crippen LogP contribution in [0.5, 0.6) is 5.75 Å². The second-order valence-corrected chi connectivity index (χ2v) is 5.21. The molecule has 0 saturated carbocycles. The highest BCUT2D eigenvalue weighted by molar-refractivity contribution is 5.85. The van der Waals surface area contributed by atoms with Gasteiger partial charge < -0.3 is 19.8 Å². The Balaban J connectivity index is 0.00000242. The van der Waals surface area contributed by atoms with E-state index in [1.165, 1.54) is 0 Å². The molecule has 1 aromatic heterocycles. The zero-order valence-electron chi connectivity index (χ0n) is 13.1. The van der Waals surface area contributed by atoms with Crippen molar-refractivity contribution in [3.8, 4) is 5.75 Å². The van der Waals surface area contributed by atoms with E-state index >= 15 is 0 Å². The minimum atomic E-state index is 0. The molecule has 6 heteroatoms. The largest absolute Gasteiger partial charge is 0.493 e. The molecule has 122 valence electrons. The first kappa shape index (κ1) is 18.3. The Kier molecular flexibility index (Phi) is 7.21. The van der Waals surface area contributed by atoms with Crippen LogP contribution in [0.3, 0.4) is 0 Å². The van der Waals surface area contributed by atoms with Crippen molar-refractivity contribution in [2.24, 2.45) is 5.92 Å². The quantitative estimate of drug-likeness (QED) is 0.768. The van der Waals surface area contributed by atoms with Crippen LogP contribution in [0, 0.1) is 5.92 Å². The normalized spacial score (nSPS) is 10.5. The molecular weight excluding hydrogens is 304 g/mol. The maximum absolute atomic E-state index is 11.4. The van der Waals surface area contributed by atoms with Gasteiger partial charge in [0.25, 0.3) is 0 Å². The highest BCUT2D eigenvalue weighted by atomic mass is 35.5. The fourth-order valence-corrected chi connectivity index (χ4v) is 2.03. The molecular formula is C16H23ClN2O3. The molecule has 22 heavy (non-hydrogen) atoms. The van der Waals surface area contributed by atoms with Gasteiger partial charge in [-0.15, -0.1) is 12.4 Å². The van der Waals surface area contributed by atoms with E-state index in [0.717, 1.165) is 22.5 Å². The summed E-state index contributed by atoms with van der Waals surface area (Å²) < 4.78 is 11.1. The second kappa shape index (κ2) is 8.66. The van der Waals surface area contributed by atoms with Crippen molar-refractivity contribution >= 4 is 29.3 Å². The number of furan rings is 1. The molecule has 1 heterocycles. The topological polar surface area (TPSA) is 63.5 Å². The van der Waals surface area contributed by atoms with Crippen LogP contribution in [0.15, 0.2) is 28.7 Å². The van der Waals surface area contributed by atoms with Gasteiger partial charge in [-0.1, -0.05) is 26.0 Å². The SMILES string of the molecule is COc1cccc2cc(CNCCNC(=O)C(C)C)oc12.Cl. The summed E-state index contributed by atoms with van der Waals surface area (Å²) >= 11 is 0. The van der Waals surface area contributed by atoms with E-state index in [1.807, 2.05) is 38.1 Å². The zero-order chi connectivity index (χ0) is 15.2. The number of hydrogen-bond acceptors (Lipinski definition) is 4. The number of halogens is 1. The van der Waals surface area contributed by atoms with Crippen LogP contribution in [0.1, 0.15) is 19.6 Å². The minimum Gasteiger partial charge on any atom is -0.493 e. The summed E-state index contributed by atoms with van der Waals surface area (Å²) in [5.74, 6) is 1.69. The Hall–Kier alpha value is -1.72. The first-order chi connectivity index (χ1) is 10.1. The monoisotopic (exact) mass is 326 g/mol. The van der Waals surface area contributed by atoms with Gasteiger partial charge in [0.15, 0.2) is 11.3 Å². The number of hydrogen-bond donors (Lipinski definition) is 2. The number of nitrogens with one attached hydrogen (secondary N) is 2. The molecule has 0 bridgehead atoms. The van der Waals surface area contributed by atoms with Crippen LogP contribution >= 0.6 is 12.4 Å². The van der Waals surface area contributed by atoms with Crippen molar-refractivity contribution in [3.05, 3.63) is 30.0 Å². The summed E-state index contributed by atoms with van der Waals surface area (Å²) in [5, 5.41) is 7.13. The third-order valence-corrected chi connectivity index (χ3v) is 3.20. The van der Waals surface area contributed by atoms with Gasteiger partial charge in [0.1, 0.15) is 5.76 Å². The Morgan fingerprint density at radius 3 is 2.77 bits per heavy atom. The van der Waals surface area contributed by atoms with E-state index in [1.54, 1.807) is 7.11 Å². The first-order valence-electron chi connectivity index (χ1n) is 7.15. The molecule has 0 spiro atoms. The molecule has 0 aliphatic carbocycles. The van der Waals surface area contributed by atoms with Gasteiger partial charge >= 0.3 is 0 Å². The van der Waals surface area contributed by atoms with Crippen LogP contribution in [0.2, 0.25) is 0 Å². The van der Waals surface area contributed by atoms with Gasteiger partial charge in [-0.2, -0.15) is 0 Å². The highest BCUT2D eigenvalue weighted by Crippen LogP contribution is 2.28. The van der Waals surface area contributed by atoms with Crippen LogP contribution in [-0.2, 0) is 11.3 Å². The standard InChI is InChI=1S/C16H22N2O3.ClH/c1-11(2)16(19)18-8-7-17-10-13-9-12-5-4-6-14(20-3)15(12)21-13;/h4-6,9,11,17H,7-8,10H2,1-3H3,(H,18,19);1H. The lowest BCUT2D eigenvalue weighted by molar-refractivity contribution is -0.123. The Morgan fingerprint density at radius 1 is 1.32 bits per heavy atom. The predicted molar refractivity (Wildman–Crippen MR) is 89.6 cm³/mol. The first-order valence-corrected chi connectivity index (χ1v) is 7.15. The summed E-state index contributed by atoms with van der Waals surface area (Å²) in [7, 11) is 1.63. The molecule has 0 aliphatic rings. The lowest BCUT2D eigenvalue weighted by atomic mass is 10.2. The Bertz CT molecular complexity index is 610. The Labute approximate surface area is 136 Å². The van der Waals surface area contributed by atoms with Crippen molar-refractivity contribution in [2.75, 3.05) is 20.2 Å². The molecule has 0 unspecified atom stereocenters. The molecule has 2 rings (SSSR count). The molecule has 0 fully saturated rings. The van der Waals surface area contributed by atoms with Crippen molar-refractivity contribution in [2.45, 2.75) is 20.4 Å². The average Bonchev–Trinajstić information content (AvgIpc) is 2.89. The van der Waals surface area contributed by atoms with Gasteiger partial charge in [0, 0.05) is 24.4 Å². The number of rotatable bonds is 7. The van der Waals surface area contributed by atoms with E-state index < -0.39 is 0 Å². The minimum absolute atomic E-state index is 0. The molecule has 5 nitrogen and oxygen atoms in total. The molecule has 0 saturated heterocycles. The number of methoxy groups -OCH3 is 1. The van der Waals surface area contributed by atoms with E-state index in [2.05, 4.69) is 10.6 Å². The van der Waals surface area contributed by atoms with Crippen molar-refractivity contribution < 1.29 is 13.9 Å². The van der Waals surface area contributed by atoms with E-state index in [-0.39, 0.29) is 24.2 Å². The lowest BCUT2D eigenvalue weighted by Crippen LogP contribution is -2.34. The molecule has 0 aliphatic heterocycles. The van der Waals surface area contributed by atoms with Crippen LogP contribution in [-0.4, -0.2) is 26.1 Å². The predicted octanol–water partition coefficient (Wildman–Crippen LogP) is 2.73. The summed E-state index contributed by atoms with van der Waals surface area (Å²) in [6.45, 7) is 5.69. The lowest BCUT2D eigenvalue weighted by Gasteiger charge is -2.07. The summed E-state index contributed by atoms with van der Waals surface area (Å²) in [4.78, 5) is 11.4. The van der Waals surface area contributed by atoms with Crippen LogP contribution in [0.25, 0.3) is 11.0 Å². The number of carbonyl (C=O) groups is 1. The highest BCUT2D eigenvalue weighted by Gasteiger charge is 2.08. The number of ether oxygens (including phenoxy) is 1. The molecule has 2 N–H and O–H groups in total. The molecule has 2 aromatic rings. The number of benzene rings is 1. The summed E-state index contributed by atoms with van der Waals surface area (Å²) in [5.41, 5.74) is 0.768. The van der Waals surface area contributed by atoms with Gasteiger partial charge in [-0.25, -0.2) is 0 Å². The van der Waals surface area contributed by atoms with E-state index in [0.29, 0.717) is 19.6 Å². The van der Waals surface area contributed by atoms with Gasteiger partial charge in [-0.05, 0) is 12.1 Å². The maximum Gasteiger partial charge on any atom is 0.222 e. The average molecular weight is 327 g/mol. The van der Waals surface area contributed by atoms with E-state index in [9.17, 15) is 4.79 Å². The van der Waals surface area contributed by atoms with Crippen molar-refractivity contribution in [1.29, 1.82) is 0 Å². The molecule has 0 radical (unpaired) electrons.